The molecule has 0 radical (unpaired) electrons. The van der Waals surface area contributed by atoms with Crippen LogP contribution in [0, 0.1) is 0 Å². The predicted octanol–water partition coefficient (Wildman–Crippen LogP) is 2.07. The number of hydrogen-bond acceptors (Lipinski definition) is 4. The number of aliphatic hydroxyl groups excluding tert-OH is 1. The lowest BCUT2D eigenvalue weighted by Crippen LogP contribution is -2.02. The Hall–Kier alpha value is -0.740. The molecule has 13 heavy (non-hydrogen) atoms. The van der Waals surface area contributed by atoms with E-state index in [0.717, 1.165) is 23.3 Å². The molecule has 3 nitrogen and oxygen atoms in total. The monoisotopic (exact) mass is 196 g/mol. The summed E-state index contributed by atoms with van der Waals surface area (Å²) in [6.07, 6.45) is 7.88. The SMILES string of the molecule is OC(C1=CCCCC1)c1cnns1. The fourth-order valence-electron chi connectivity index (χ4n) is 1.59. The van der Waals surface area contributed by atoms with Crippen molar-refractivity contribution in [1.82, 2.24) is 9.59 Å². The van der Waals surface area contributed by atoms with Gasteiger partial charge in [-0.2, -0.15) is 0 Å². The maximum Gasteiger partial charge on any atom is 0.112 e. The van der Waals surface area contributed by atoms with E-state index in [1.807, 2.05) is 0 Å². The van der Waals surface area contributed by atoms with Gasteiger partial charge in [-0.1, -0.05) is 10.6 Å². The quantitative estimate of drug-likeness (QED) is 0.736. The molecule has 0 saturated heterocycles. The highest BCUT2D eigenvalue weighted by molar-refractivity contribution is 7.05. The van der Waals surface area contributed by atoms with E-state index in [0.29, 0.717) is 0 Å². The second kappa shape index (κ2) is 3.98. The molecule has 2 rings (SSSR count). The van der Waals surface area contributed by atoms with Gasteiger partial charge in [-0.3, -0.25) is 0 Å². The van der Waals surface area contributed by atoms with E-state index >= 15 is 0 Å². The van der Waals surface area contributed by atoms with E-state index in [-0.39, 0.29) is 0 Å². The Morgan fingerprint density at radius 1 is 1.46 bits per heavy atom. The summed E-state index contributed by atoms with van der Waals surface area (Å²) in [6, 6.07) is 0. The molecular formula is C9H12N2OS. The topological polar surface area (TPSA) is 46.0 Å². The van der Waals surface area contributed by atoms with Crippen molar-refractivity contribution in [2.24, 2.45) is 0 Å². The van der Waals surface area contributed by atoms with Crippen molar-refractivity contribution >= 4 is 11.5 Å². The van der Waals surface area contributed by atoms with Gasteiger partial charge in [-0.05, 0) is 42.8 Å². The molecule has 0 bridgehead atoms. The van der Waals surface area contributed by atoms with Crippen molar-refractivity contribution in [2.45, 2.75) is 31.8 Å². The molecule has 4 heteroatoms. The second-order valence-corrected chi connectivity index (χ2v) is 4.06. The average Bonchev–Trinajstić information content (AvgIpc) is 2.71. The van der Waals surface area contributed by atoms with Gasteiger partial charge in [0.1, 0.15) is 6.10 Å². The second-order valence-electron chi connectivity index (χ2n) is 3.25. The Kier molecular flexibility index (Phi) is 2.71. The maximum absolute atomic E-state index is 9.90. The van der Waals surface area contributed by atoms with Crippen molar-refractivity contribution in [3.8, 4) is 0 Å². The Labute approximate surface area is 81.3 Å². The van der Waals surface area contributed by atoms with Crippen LogP contribution in [0.5, 0.6) is 0 Å². The van der Waals surface area contributed by atoms with Crippen molar-refractivity contribution in [3.63, 3.8) is 0 Å². The Morgan fingerprint density at radius 2 is 2.38 bits per heavy atom. The van der Waals surface area contributed by atoms with E-state index in [1.165, 1.54) is 24.4 Å². The van der Waals surface area contributed by atoms with Crippen LogP contribution in [0.25, 0.3) is 0 Å². The van der Waals surface area contributed by atoms with Crippen molar-refractivity contribution in [3.05, 3.63) is 22.7 Å². The van der Waals surface area contributed by atoms with Crippen LogP contribution in [-0.4, -0.2) is 14.7 Å². The van der Waals surface area contributed by atoms with E-state index in [1.54, 1.807) is 6.20 Å². The third kappa shape index (κ3) is 1.95. The number of aromatic nitrogens is 2. The molecule has 70 valence electrons. The highest BCUT2D eigenvalue weighted by Crippen LogP contribution is 2.30. The largest absolute Gasteiger partial charge is 0.383 e. The van der Waals surface area contributed by atoms with Gasteiger partial charge in [0.05, 0.1) is 11.1 Å². The summed E-state index contributed by atoms with van der Waals surface area (Å²) in [6.45, 7) is 0. The molecule has 1 aliphatic rings. The van der Waals surface area contributed by atoms with Gasteiger partial charge in [-0.25, -0.2) is 0 Å². The van der Waals surface area contributed by atoms with Crippen LogP contribution in [0.15, 0.2) is 17.8 Å². The standard InChI is InChI=1S/C9H12N2OS/c12-9(8-6-10-11-13-8)7-4-2-1-3-5-7/h4,6,9,12H,1-3,5H2. The van der Waals surface area contributed by atoms with Crippen molar-refractivity contribution < 1.29 is 5.11 Å². The summed E-state index contributed by atoms with van der Waals surface area (Å²) >= 11 is 1.27. The lowest BCUT2D eigenvalue weighted by Gasteiger charge is -2.16. The summed E-state index contributed by atoms with van der Waals surface area (Å²) in [5.74, 6) is 0. The molecule has 1 aromatic rings. The molecule has 0 aliphatic heterocycles. The van der Waals surface area contributed by atoms with Gasteiger partial charge in [0.15, 0.2) is 0 Å². The molecule has 1 unspecified atom stereocenters. The van der Waals surface area contributed by atoms with Crippen molar-refractivity contribution in [1.29, 1.82) is 0 Å². The molecule has 1 N–H and O–H groups in total. The first-order chi connectivity index (χ1) is 6.38. The molecule has 0 saturated carbocycles. The number of nitrogens with zero attached hydrogens (tertiary/aromatic N) is 2. The van der Waals surface area contributed by atoms with Crippen LogP contribution in [0.3, 0.4) is 0 Å². The minimum absolute atomic E-state index is 0.458. The van der Waals surface area contributed by atoms with E-state index in [4.69, 9.17) is 0 Å². The molecule has 1 atom stereocenters. The number of hydrogen-bond donors (Lipinski definition) is 1. The lowest BCUT2D eigenvalue weighted by molar-refractivity contribution is 0.212. The third-order valence-corrected chi connectivity index (χ3v) is 3.04. The molecular weight excluding hydrogens is 184 g/mol. The molecule has 0 fully saturated rings. The van der Waals surface area contributed by atoms with Crippen LogP contribution in [0.1, 0.15) is 36.7 Å². The van der Waals surface area contributed by atoms with Gasteiger partial charge in [0.25, 0.3) is 0 Å². The van der Waals surface area contributed by atoms with Crippen LogP contribution < -0.4 is 0 Å². The fraction of sp³-hybridized carbons (Fsp3) is 0.556. The van der Waals surface area contributed by atoms with Gasteiger partial charge in [-0.15, -0.1) is 5.10 Å². The molecule has 0 amide bonds. The first-order valence-electron chi connectivity index (χ1n) is 4.52. The summed E-state index contributed by atoms with van der Waals surface area (Å²) in [5.41, 5.74) is 1.14. The summed E-state index contributed by atoms with van der Waals surface area (Å²) in [7, 11) is 0. The van der Waals surface area contributed by atoms with Crippen LogP contribution in [0.4, 0.5) is 0 Å². The highest BCUT2D eigenvalue weighted by atomic mass is 32.1. The first kappa shape index (κ1) is 8.84. The van der Waals surface area contributed by atoms with Crippen molar-refractivity contribution in [2.75, 3.05) is 0 Å². The van der Waals surface area contributed by atoms with E-state index in [9.17, 15) is 5.11 Å². The summed E-state index contributed by atoms with van der Waals surface area (Å²) < 4.78 is 3.74. The summed E-state index contributed by atoms with van der Waals surface area (Å²) in [4.78, 5) is 0.855. The zero-order valence-corrected chi connectivity index (χ0v) is 8.13. The summed E-state index contributed by atoms with van der Waals surface area (Å²) in [5, 5.41) is 13.6. The Balaban J connectivity index is 2.12. The third-order valence-electron chi connectivity index (χ3n) is 2.33. The molecule has 1 heterocycles. The van der Waals surface area contributed by atoms with Gasteiger partial charge in [0.2, 0.25) is 0 Å². The first-order valence-corrected chi connectivity index (χ1v) is 5.29. The maximum atomic E-state index is 9.90. The van der Waals surface area contributed by atoms with Gasteiger partial charge >= 0.3 is 0 Å². The van der Waals surface area contributed by atoms with Crippen LogP contribution in [-0.2, 0) is 0 Å². The normalized spacial score (nSPS) is 19.6. The number of rotatable bonds is 2. The zero-order valence-electron chi connectivity index (χ0n) is 7.31. The fourth-order valence-corrected chi connectivity index (χ4v) is 2.12. The number of allylic oxidation sites excluding steroid dienone is 1. The smallest absolute Gasteiger partial charge is 0.112 e. The minimum atomic E-state index is -0.458. The molecule has 0 aromatic carbocycles. The zero-order chi connectivity index (χ0) is 9.10. The number of aliphatic hydroxyl groups is 1. The lowest BCUT2D eigenvalue weighted by atomic mass is 9.95. The van der Waals surface area contributed by atoms with Gasteiger partial charge < -0.3 is 5.11 Å². The Morgan fingerprint density at radius 3 is 3.00 bits per heavy atom. The Bertz CT molecular complexity index is 295. The molecule has 0 spiro atoms. The average molecular weight is 196 g/mol. The molecule has 1 aromatic heterocycles. The minimum Gasteiger partial charge on any atom is -0.383 e. The van der Waals surface area contributed by atoms with Gasteiger partial charge in [0, 0.05) is 0 Å². The van der Waals surface area contributed by atoms with E-state index < -0.39 is 6.10 Å². The highest BCUT2D eigenvalue weighted by Gasteiger charge is 2.16. The van der Waals surface area contributed by atoms with Crippen LogP contribution >= 0.6 is 11.5 Å². The molecule has 1 aliphatic carbocycles. The van der Waals surface area contributed by atoms with E-state index in [2.05, 4.69) is 15.7 Å². The predicted molar refractivity (Wildman–Crippen MR) is 51.4 cm³/mol. The van der Waals surface area contributed by atoms with Crippen LogP contribution in [0.2, 0.25) is 0 Å².